The first-order chi connectivity index (χ1) is 8.31. The molecule has 0 amide bonds. The number of ether oxygens (including phenoxy) is 1. The summed E-state index contributed by atoms with van der Waals surface area (Å²) in [5.74, 6) is 0.423. The Labute approximate surface area is 102 Å². The van der Waals surface area contributed by atoms with Gasteiger partial charge in [0, 0.05) is 6.04 Å². The topological polar surface area (TPSA) is 58.6 Å². The second kappa shape index (κ2) is 5.99. The molecule has 1 aliphatic heterocycles. The molecule has 1 fully saturated rings. The van der Waals surface area contributed by atoms with E-state index in [0.717, 1.165) is 21.3 Å². The highest BCUT2D eigenvalue weighted by Crippen LogP contribution is 2.26. The Balaban J connectivity index is 1.98. The van der Waals surface area contributed by atoms with E-state index in [0.29, 0.717) is 24.7 Å². The number of carbonyl (C=O) groups excluding carboxylic acids is 1. The van der Waals surface area contributed by atoms with Gasteiger partial charge in [0.1, 0.15) is 18.1 Å². The Hall–Kier alpha value is -1.12. The van der Waals surface area contributed by atoms with Crippen LogP contribution in [-0.2, 0) is 0 Å². The number of hydrogen-bond acceptors (Lipinski definition) is 4. The Morgan fingerprint density at radius 3 is 3.18 bits per heavy atom. The van der Waals surface area contributed by atoms with Gasteiger partial charge in [-0.15, -0.1) is 8.58 Å². The van der Waals surface area contributed by atoms with E-state index in [-0.39, 0.29) is 11.3 Å². The number of phenolic OH excluding ortho intramolecular Hbond substituents is 1. The first-order valence-electron chi connectivity index (χ1n) is 5.65. The van der Waals surface area contributed by atoms with Gasteiger partial charge in [-0.25, -0.2) is 0 Å². The van der Waals surface area contributed by atoms with Crippen LogP contribution >= 0.6 is 8.58 Å². The molecular formula is C12H16NO3P. The summed E-state index contributed by atoms with van der Waals surface area (Å²) in [5.41, 5.74) is 0.228. The third kappa shape index (κ3) is 3.18. The summed E-state index contributed by atoms with van der Waals surface area (Å²) in [4.78, 5) is 10.8. The van der Waals surface area contributed by atoms with Crippen LogP contribution in [0.5, 0.6) is 11.5 Å². The molecule has 92 valence electrons. The minimum atomic E-state index is -0.0315. The Bertz CT molecular complexity index is 391. The van der Waals surface area contributed by atoms with Crippen LogP contribution in [0.4, 0.5) is 0 Å². The van der Waals surface area contributed by atoms with Gasteiger partial charge in [-0.05, 0) is 31.0 Å². The molecule has 1 heterocycles. The van der Waals surface area contributed by atoms with Crippen LogP contribution in [0.15, 0.2) is 18.2 Å². The van der Waals surface area contributed by atoms with E-state index in [2.05, 4.69) is 5.32 Å². The van der Waals surface area contributed by atoms with E-state index in [1.807, 2.05) is 0 Å². The standard InChI is InChI=1S/C12H16NO3P/c14-6-10-11(15)2-1-3-12(10)16-7-9-8-17-5-4-13-9/h1-3,6,9,13,15,17H,4-5,7-8H2. The number of benzene rings is 1. The summed E-state index contributed by atoms with van der Waals surface area (Å²) < 4.78 is 5.60. The van der Waals surface area contributed by atoms with Crippen molar-refractivity contribution in [1.82, 2.24) is 5.32 Å². The zero-order chi connectivity index (χ0) is 12.1. The van der Waals surface area contributed by atoms with Crippen LogP contribution in [0.3, 0.4) is 0 Å². The summed E-state index contributed by atoms with van der Waals surface area (Å²) in [6.45, 7) is 1.57. The lowest BCUT2D eigenvalue weighted by Crippen LogP contribution is -2.41. The molecule has 0 aromatic heterocycles. The van der Waals surface area contributed by atoms with Crippen molar-refractivity contribution in [1.29, 1.82) is 0 Å². The van der Waals surface area contributed by atoms with Gasteiger partial charge in [0.05, 0.1) is 5.56 Å². The van der Waals surface area contributed by atoms with E-state index >= 15 is 0 Å². The molecule has 2 N–H and O–H groups in total. The highest BCUT2D eigenvalue weighted by molar-refractivity contribution is 7.38. The van der Waals surface area contributed by atoms with Crippen molar-refractivity contribution < 1.29 is 14.6 Å². The zero-order valence-electron chi connectivity index (χ0n) is 9.48. The molecule has 0 spiro atoms. The van der Waals surface area contributed by atoms with Gasteiger partial charge < -0.3 is 15.2 Å². The molecule has 0 aliphatic carbocycles. The maximum absolute atomic E-state index is 10.8. The Kier molecular flexibility index (Phi) is 4.35. The normalized spacial score (nSPS) is 21.3. The van der Waals surface area contributed by atoms with Gasteiger partial charge >= 0.3 is 0 Å². The Morgan fingerprint density at radius 1 is 1.59 bits per heavy atom. The zero-order valence-corrected chi connectivity index (χ0v) is 10.5. The van der Waals surface area contributed by atoms with Crippen LogP contribution in [-0.4, -0.2) is 42.9 Å². The number of nitrogens with one attached hydrogen (secondary N) is 1. The molecule has 4 nitrogen and oxygen atoms in total. The number of aromatic hydroxyl groups is 1. The molecular weight excluding hydrogens is 237 g/mol. The Morgan fingerprint density at radius 2 is 2.47 bits per heavy atom. The summed E-state index contributed by atoms with van der Waals surface area (Å²) in [7, 11) is 0.983. The number of carbonyl (C=O) groups is 1. The van der Waals surface area contributed by atoms with Crippen LogP contribution in [0.2, 0.25) is 0 Å². The van der Waals surface area contributed by atoms with E-state index in [1.165, 1.54) is 12.2 Å². The van der Waals surface area contributed by atoms with E-state index < -0.39 is 0 Å². The first kappa shape index (κ1) is 12.3. The lowest BCUT2D eigenvalue weighted by Gasteiger charge is -2.23. The fraction of sp³-hybridized carbons (Fsp3) is 0.417. The molecule has 1 aliphatic rings. The van der Waals surface area contributed by atoms with Gasteiger partial charge in [-0.3, -0.25) is 4.79 Å². The second-order valence-corrected chi connectivity index (χ2v) is 5.38. The molecule has 0 bridgehead atoms. The summed E-state index contributed by atoms with van der Waals surface area (Å²) in [5, 5.41) is 12.9. The lowest BCUT2D eigenvalue weighted by molar-refractivity contribution is 0.111. The molecule has 2 unspecified atom stereocenters. The highest BCUT2D eigenvalue weighted by Gasteiger charge is 2.14. The average Bonchev–Trinajstić information content (AvgIpc) is 2.37. The predicted octanol–water partition coefficient (Wildman–Crippen LogP) is 1.23. The molecule has 1 aromatic carbocycles. The van der Waals surface area contributed by atoms with Crippen LogP contribution in [0.25, 0.3) is 0 Å². The third-order valence-electron chi connectivity index (χ3n) is 2.73. The number of hydrogen-bond donors (Lipinski definition) is 2. The maximum atomic E-state index is 10.8. The van der Waals surface area contributed by atoms with E-state index in [9.17, 15) is 9.90 Å². The van der Waals surface area contributed by atoms with Gasteiger partial charge in [0.2, 0.25) is 0 Å². The monoisotopic (exact) mass is 253 g/mol. The fourth-order valence-corrected chi connectivity index (χ4v) is 2.93. The molecule has 2 rings (SSSR count). The average molecular weight is 253 g/mol. The SMILES string of the molecule is O=Cc1c(O)cccc1OCC1CPCCN1. The van der Waals surface area contributed by atoms with Crippen molar-refractivity contribution in [2.75, 3.05) is 25.5 Å². The van der Waals surface area contributed by atoms with Crippen LogP contribution in [0.1, 0.15) is 10.4 Å². The van der Waals surface area contributed by atoms with Crippen molar-refractivity contribution in [3.05, 3.63) is 23.8 Å². The molecule has 2 atom stereocenters. The minimum Gasteiger partial charge on any atom is -0.507 e. The molecule has 1 aromatic rings. The largest absolute Gasteiger partial charge is 0.507 e. The van der Waals surface area contributed by atoms with Crippen LogP contribution < -0.4 is 10.1 Å². The van der Waals surface area contributed by atoms with Crippen molar-refractivity contribution in [3.8, 4) is 11.5 Å². The summed E-state index contributed by atoms with van der Waals surface area (Å²) in [6, 6.07) is 5.21. The number of phenols is 1. The fourth-order valence-electron chi connectivity index (χ4n) is 1.80. The van der Waals surface area contributed by atoms with Crippen molar-refractivity contribution in [3.63, 3.8) is 0 Å². The summed E-state index contributed by atoms with van der Waals surface area (Å²) in [6.07, 6.45) is 2.98. The second-order valence-electron chi connectivity index (χ2n) is 3.97. The maximum Gasteiger partial charge on any atom is 0.157 e. The smallest absolute Gasteiger partial charge is 0.157 e. The molecule has 5 heteroatoms. The molecule has 17 heavy (non-hydrogen) atoms. The van der Waals surface area contributed by atoms with Crippen LogP contribution in [0, 0.1) is 0 Å². The van der Waals surface area contributed by atoms with E-state index in [1.54, 1.807) is 12.1 Å². The van der Waals surface area contributed by atoms with Crippen molar-refractivity contribution in [2.45, 2.75) is 6.04 Å². The number of rotatable bonds is 4. The minimum absolute atomic E-state index is 0.0315. The van der Waals surface area contributed by atoms with Gasteiger partial charge in [-0.2, -0.15) is 0 Å². The van der Waals surface area contributed by atoms with Gasteiger partial charge in [0.15, 0.2) is 6.29 Å². The lowest BCUT2D eigenvalue weighted by atomic mass is 10.2. The van der Waals surface area contributed by atoms with Crippen molar-refractivity contribution in [2.24, 2.45) is 0 Å². The molecule has 1 saturated heterocycles. The van der Waals surface area contributed by atoms with E-state index in [4.69, 9.17) is 4.74 Å². The predicted molar refractivity (Wildman–Crippen MR) is 68.8 cm³/mol. The van der Waals surface area contributed by atoms with Gasteiger partial charge in [-0.1, -0.05) is 6.07 Å². The van der Waals surface area contributed by atoms with Crippen molar-refractivity contribution >= 4 is 14.9 Å². The first-order valence-corrected chi connectivity index (χ1v) is 7.06. The molecule has 0 saturated carbocycles. The quantitative estimate of drug-likeness (QED) is 0.626. The molecule has 0 radical (unpaired) electrons. The summed E-state index contributed by atoms with van der Waals surface area (Å²) >= 11 is 0. The third-order valence-corrected chi connectivity index (χ3v) is 4.11. The van der Waals surface area contributed by atoms with Gasteiger partial charge in [0.25, 0.3) is 0 Å². The number of aldehydes is 1. The highest BCUT2D eigenvalue weighted by atomic mass is 31.1.